The summed E-state index contributed by atoms with van der Waals surface area (Å²) < 4.78 is 17.1. The summed E-state index contributed by atoms with van der Waals surface area (Å²) in [5.41, 5.74) is 2.60. The van der Waals surface area contributed by atoms with Gasteiger partial charge in [0.1, 0.15) is 25.0 Å². The normalized spacial score (nSPS) is 10.9. The first kappa shape index (κ1) is 25.4. The number of nitrogens with zero attached hydrogens (tertiary/aromatic N) is 3. The van der Waals surface area contributed by atoms with Crippen molar-refractivity contribution >= 4 is 34.0 Å². The number of carbonyl (C=O) groups is 1. The predicted octanol–water partition coefficient (Wildman–Crippen LogP) is 5.63. The van der Waals surface area contributed by atoms with Gasteiger partial charge < -0.3 is 14.2 Å². The van der Waals surface area contributed by atoms with Crippen LogP contribution in [-0.4, -0.2) is 36.4 Å². The number of nitriles is 1. The Labute approximate surface area is 218 Å². The van der Waals surface area contributed by atoms with Crippen LogP contribution in [0.1, 0.15) is 26.5 Å². The van der Waals surface area contributed by atoms with Gasteiger partial charge in [-0.3, -0.25) is 10.1 Å². The van der Waals surface area contributed by atoms with Crippen LogP contribution in [-0.2, 0) is 0 Å². The van der Waals surface area contributed by atoms with Crippen molar-refractivity contribution in [3.05, 3.63) is 94.5 Å². The zero-order chi connectivity index (χ0) is 26.0. The van der Waals surface area contributed by atoms with Crippen molar-refractivity contribution in [1.29, 1.82) is 5.26 Å². The van der Waals surface area contributed by atoms with E-state index in [1.54, 1.807) is 49.6 Å². The molecule has 0 unspecified atom stereocenters. The summed E-state index contributed by atoms with van der Waals surface area (Å²) in [5, 5.41) is 21.2. The molecule has 1 aromatic heterocycles. The lowest BCUT2D eigenvalue weighted by atomic mass is 10.1. The average Bonchev–Trinajstić information content (AvgIpc) is 3.39. The average molecular weight is 513 g/mol. The zero-order valence-corrected chi connectivity index (χ0v) is 21.1. The molecule has 37 heavy (non-hydrogen) atoms. The van der Waals surface area contributed by atoms with E-state index >= 15 is 0 Å². The van der Waals surface area contributed by atoms with Crippen molar-refractivity contribution in [1.82, 2.24) is 10.2 Å². The molecule has 1 N–H and O–H groups in total. The minimum Gasteiger partial charge on any atom is -0.493 e. The first-order valence-corrected chi connectivity index (χ1v) is 12.2. The Bertz CT molecular complexity index is 1440. The minimum atomic E-state index is -0.296. The molecule has 8 nitrogen and oxygen atoms in total. The molecule has 3 aromatic carbocycles. The van der Waals surface area contributed by atoms with Crippen LogP contribution in [0.2, 0.25) is 0 Å². The van der Waals surface area contributed by atoms with Crippen LogP contribution in [0.25, 0.3) is 11.6 Å². The number of rotatable bonds is 10. The molecule has 1 amide bonds. The molecule has 0 spiro atoms. The summed E-state index contributed by atoms with van der Waals surface area (Å²) in [4.78, 5) is 12.4. The van der Waals surface area contributed by atoms with E-state index in [0.29, 0.717) is 46.0 Å². The van der Waals surface area contributed by atoms with E-state index in [0.717, 1.165) is 28.2 Å². The molecule has 0 aliphatic rings. The van der Waals surface area contributed by atoms with Gasteiger partial charge in [0.05, 0.1) is 12.7 Å². The molecule has 4 aromatic rings. The molecule has 0 radical (unpaired) electrons. The maximum Gasteiger partial charge on any atom is 0.257 e. The van der Waals surface area contributed by atoms with Crippen molar-refractivity contribution in [3.63, 3.8) is 0 Å². The summed E-state index contributed by atoms with van der Waals surface area (Å²) in [6.45, 7) is 2.71. The molecule has 9 heteroatoms. The van der Waals surface area contributed by atoms with Crippen LogP contribution in [0.3, 0.4) is 0 Å². The van der Waals surface area contributed by atoms with Gasteiger partial charge in [-0.15, -0.1) is 10.2 Å². The number of amides is 1. The van der Waals surface area contributed by atoms with Gasteiger partial charge in [-0.1, -0.05) is 53.8 Å². The van der Waals surface area contributed by atoms with Crippen molar-refractivity contribution in [2.75, 3.05) is 25.6 Å². The summed E-state index contributed by atoms with van der Waals surface area (Å²) in [6, 6.07) is 24.1. The lowest BCUT2D eigenvalue weighted by Gasteiger charge is -2.13. The van der Waals surface area contributed by atoms with Gasteiger partial charge in [0, 0.05) is 5.56 Å². The van der Waals surface area contributed by atoms with Crippen LogP contribution in [0.4, 0.5) is 5.13 Å². The van der Waals surface area contributed by atoms with Gasteiger partial charge in [-0.05, 0) is 54.5 Å². The van der Waals surface area contributed by atoms with E-state index in [2.05, 4.69) is 21.6 Å². The van der Waals surface area contributed by atoms with Gasteiger partial charge >= 0.3 is 0 Å². The molecule has 0 saturated heterocycles. The third-order valence-electron chi connectivity index (χ3n) is 5.22. The molecule has 4 rings (SSSR count). The number of benzene rings is 3. The molecular weight excluding hydrogens is 488 g/mol. The highest BCUT2D eigenvalue weighted by Gasteiger charge is 2.13. The molecule has 0 fully saturated rings. The third kappa shape index (κ3) is 6.72. The number of nitrogens with one attached hydrogen (secondary N) is 1. The van der Waals surface area contributed by atoms with Gasteiger partial charge in [0.2, 0.25) is 5.13 Å². The zero-order valence-electron chi connectivity index (χ0n) is 20.3. The highest BCUT2D eigenvalue weighted by Crippen LogP contribution is 2.31. The Kier molecular flexibility index (Phi) is 8.47. The standard InChI is InChI=1S/C28H24N4O4S/c1-19-8-6-7-11-23(19)35-14-15-36-24-13-12-20(17-25(24)34-2)16-22(18-29)27-31-32-28(37-27)30-26(33)21-9-4-3-5-10-21/h3-13,16-17H,14-15H2,1-2H3,(H,30,32,33). The summed E-state index contributed by atoms with van der Waals surface area (Å²) in [6.07, 6.45) is 1.68. The van der Waals surface area contributed by atoms with E-state index in [1.807, 2.05) is 43.3 Å². The lowest BCUT2D eigenvalue weighted by Crippen LogP contribution is -2.11. The Morgan fingerprint density at radius 1 is 0.973 bits per heavy atom. The van der Waals surface area contributed by atoms with E-state index in [1.165, 1.54) is 0 Å². The fourth-order valence-electron chi connectivity index (χ4n) is 3.36. The maximum absolute atomic E-state index is 12.4. The third-order valence-corrected chi connectivity index (χ3v) is 6.10. The smallest absolute Gasteiger partial charge is 0.257 e. The van der Waals surface area contributed by atoms with Gasteiger partial charge in [-0.25, -0.2) is 0 Å². The number of hydrogen-bond donors (Lipinski definition) is 1. The Morgan fingerprint density at radius 3 is 2.43 bits per heavy atom. The number of ether oxygens (including phenoxy) is 3. The molecule has 0 saturated carbocycles. The first-order chi connectivity index (χ1) is 18.1. The second kappa shape index (κ2) is 12.3. The van der Waals surface area contributed by atoms with E-state index < -0.39 is 0 Å². The Hall–Kier alpha value is -4.68. The van der Waals surface area contributed by atoms with Crippen LogP contribution in [0.5, 0.6) is 17.2 Å². The largest absolute Gasteiger partial charge is 0.493 e. The number of allylic oxidation sites excluding steroid dienone is 1. The molecular formula is C28H24N4O4S. The fourth-order valence-corrected chi connectivity index (χ4v) is 4.07. The molecule has 0 bridgehead atoms. The van der Waals surface area contributed by atoms with E-state index in [-0.39, 0.29) is 5.91 Å². The SMILES string of the molecule is COc1cc(C=C(C#N)c2nnc(NC(=O)c3ccccc3)s2)ccc1OCCOc1ccccc1C. The van der Waals surface area contributed by atoms with E-state index in [4.69, 9.17) is 14.2 Å². The monoisotopic (exact) mass is 512 g/mol. The number of carbonyl (C=O) groups excluding carboxylic acids is 1. The molecule has 0 aliphatic carbocycles. The van der Waals surface area contributed by atoms with Crippen LogP contribution < -0.4 is 19.5 Å². The Morgan fingerprint density at radius 2 is 1.70 bits per heavy atom. The van der Waals surface area contributed by atoms with Gasteiger partial charge in [0.15, 0.2) is 16.5 Å². The fraction of sp³-hybridized carbons (Fsp3) is 0.143. The van der Waals surface area contributed by atoms with Crippen molar-refractivity contribution in [3.8, 4) is 23.3 Å². The quantitative estimate of drug-likeness (QED) is 0.217. The van der Waals surface area contributed by atoms with Gasteiger partial charge in [-0.2, -0.15) is 5.26 Å². The summed E-state index contributed by atoms with van der Waals surface area (Å²) in [5.74, 6) is 1.61. The number of methoxy groups -OCH3 is 1. The topological polar surface area (TPSA) is 106 Å². The maximum atomic E-state index is 12.4. The lowest BCUT2D eigenvalue weighted by molar-refractivity contribution is 0.102. The van der Waals surface area contributed by atoms with Crippen LogP contribution in [0, 0.1) is 18.3 Å². The molecule has 0 aliphatic heterocycles. The number of aryl methyl sites for hydroxylation is 1. The predicted molar refractivity (Wildman–Crippen MR) is 143 cm³/mol. The van der Waals surface area contributed by atoms with Crippen LogP contribution >= 0.6 is 11.3 Å². The van der Waals surface area contributed by atoms with Crippen molar-refractivity contribution < 1.29 is 19.0 Å². The molecule has 1 heterocycles. The minimum absolute atomic E-state index is 0.296. The number of para-hydroxylation sites is 1. The first-order valence-electron chi connectivity index (χ1n) is 11.4. The molecule has 0 atom stereocenters. The summed E-state index contributed by atoms with van der Waals surface area (Å²) in [7, 11) is 1.55. The number of anilines is 1. The van der Waals surface area contributed by atoms with Crippen LogP contribution in [0.15, 0.2) is 72.8 Å². The Balaban J connectivity index is 1.40. The highest BCUT2D eigenvalue weighted by molar-refractivity contribution is 7.16. The van der Waals surface area contributed by atoms with Gasteiger partial charge in [0.25, 0.3) is 5.91 Å². The van der Waals surface area contributed by atoms with E-state index in [9.17, 15) is 10.1 Å². The number of aromatic nitrogens is 2. The molecule has 186 valence electrons. The van der Waals surface area contributed by atoms with Crippen molar-refractivity contribution in [2.45, 2.75) is 6.92 Å². The van der Waals surface area contributed by atoms with Crippen molar-refractivity contribution in [2.24, 2.45) is 0 Å². The highest BCUT2D eigenvalue weighted by atomic mass is 32.1. The number of hydrogen-bond acceptors (Lipinski definition) is 8. The summed E-state index contributed by atoms with van der Waals surface area (Å²) >= 11 is 1.12. The second-order valence-corrected chi connectivity index (χ2v) is 8.75. The second-order valence-electron chi connectivity index (χ2n) is 7.78.